The van der Waals surface area contributed by atoms with Gasteiger partial charge in [-0.3, -0.25) is 0 Å². The average Bonchev–Trinajstić information content (AvgIpc) is 3.16. The zero-order valence-electron chi connectivity index (χ0n) is 13.8. The quantitative estimate of drug-likeness (QED) is 0.913. The van der Waals surface area contributed by atoms with Gasteiger partial charge >= 0.3 is 6.03 Å². The van der Waals surface area contributed by atoms with E-state index in [-0.39, 0.29) is 17.9 Å². The van der Waals surface area contributed by atoms with Gasteiger partial charge in [-0.05, 0) is 49.2 Å². The van der Waals surface area contributed by atoms with Gasteiger partial charge in [0.15, 0.2) is 0 Å². The molecule has 1 heterocycles. The van der Waals surface area contributed by atoms with Crippen molar-refractivity contribution in [3.8, 4) is 6.07 Å². The number of nitriles is 1. The van der Waals surface area contributed by atoms with Crippen LogP contribution in [0, 0.1) is 17.1 Å². The third-order valence-corrected chi connectivity index (χ3v) is 4.38. The minimum absolute atomic E-state index is 0.146. The maximum absolute atomic E-state index is 13.0. The summed E-state index contributed by atoms with van der Waals surface area (Å²) in [5, 5.41) is 11.8. The van der Waals surface area contributed by atoms with Crippen molar-refractivity contribution < 1.29 is 9.18 Å². The first-order valence-electron chi connectivity index (χ1n) is 8.35. The minimum atomic E-state index is -0.344. The second kappa shape index (κ2) is 7.75. The van der Waals surface area contributed by atoms with Crippen LogP contribution in [0.1, 0.15) is 37.1 Å². The zero-order chi connectivity index (χ0) is 17.6. The van der Waals surface area contributed by atoms with Crippen LogP contribution in [0.25, 0.3) is 0 Å². The van der Waals surface area contributed by atoms with Gasteiger partial charge in [-0.15, -0.1) is 0 Å². The number of nitrogens with zero attached hydrogens (tertiary/aromatic N) is 3. The summed E-state index contributed by atoms with van der Waals surface area (Å²) in [5.41, 5.74) is 1.57. The van der Waals surface area contributed by atoms with Gasteiger partial charge in [0, 0.05) is 11.7 Å². The molecule has 6 heteroatoms. The van der Waals surface area contributed by atoms with Gasteiger partial charge in [0.05, 0.1) is 12.2 Å². The number of carbonyl (C=O) groups is 1. The predicted octanol–water partition coefficient (Wildman–Crippen LogP) is 4.07. The maximum atomic E-state index is 13.0. The van der Waals surface area contributed by atoms with Crippen molar-refractivity contribution >= 4 is 11.7 Å². The Morgan fingerprint density at radius 2 is 1.96 bits per heavy atom. The first-order valence-corrected chi connectivity index (χ1v) is 8.35. The molecule has 1 aromatic carbocycles. The Morgan fingerprint density at radius 3 is 2.64 bits per heavy atom. The monoisotopic (exact) mass is 338 g/mol. The molecule has 1 N–H and O–H groups in total. The average molecular weight is 338 g/mol. The van der Waals surface area contributed by atoms with E-state index in [1.807, 2.05) is 12.1 Å². The molecule has 0 radical (unpaired) electrons. The summed E-state index contributed by atoms with van der Waals surface area (Å²) in [5.74, 6) is -0.344. The molecule has 5 nitrogen and oxygen atoms in total. The van der Waals surface area contributed by atoms with Crippen LogP contribution in [0.4, 0.5) is 14.9 Å². The van der Waals surface area contributed by atoms with Crippen molar-refractivity contribution in [3.63, 3.8) is 0 Å². The predicted molar refractivity (Wildman–Crippen MR) is 92.2 cm³/mol. The van der Waals surface area contributed by atoms with Crippen molar-refractivity contribution in [1.82, 2.24) is 9.88 Å². The molecular formula is C19H19FN4O. The van der Waals surface area contributed by atoms with Crippen molar-refractivity contribution in [2.75, 3.05) is 5.32 Å². The summed E-state index contributed by atoms with van der Waals surface area (Å²) < 4.78 is 13.0. The Balaban J connectivity index is 1.77. The summed E-state index contributed by atoms with van der Waals surface area (Å²) in [6.07, 6.45) is 4.09. The molecule has 3 rings (SSSR count). The topological polar surface area (TPSA) is 69.0 Å². The molecule has 1 aromatic heterocycles. The van der Waals surface area contributed by atoms with Crippen LogP contribution in [-0.2, 0) is 6.54 Å². The molecule has 0 aliphatic heterocycles. The molecule has 2 aromatic rings. The van der Waals surface area contributed by atoms with Crippen LogP contribution >= 0.6 is 0 Å². The summed E-state index contributed by atoms with van der Waals surface area (Å²) in [7, 11) is 0. The normalized spacial score (nSPS) is 14.1. The lowest BCUT2D eigenvalue weighted by molar-refractivity contribution is 0.183. The van der Waals surface area contributed by atoms with E-state index >= 15 is 0 Å². The lowest BCUT2D eigenvalue weighted by Gasteiger charge is -2.29. The molecule has 0 spiro atoms. The van der Waals surface area contributed by atoms with Gasteiger partial charge in [-0.25, -0.2) is 14.2 Å². The van der Waals surface area contributed by atoms with Crippen LogP contribution in [0.3, 0.4) is 0 Å². The van der Waals surface area contributed by atoms with Gasteiger partial charge < -0.3 is 10.2 Å². The largest absolute Gasteiger partial charge is 0.322 e. The Kier molecular flexibility index (Phi) is 5.24. The molecule has 1 aliphatic rings. The highest BCUT2D eigenvalue weighted by molar-refractivity contribution is 5.89. The van der Waals surface area contributed by atoms with Crippen molar-refractivity contribution in [3.05, 3.63) is 59.7 Å². The van der Waals surface area contributed by atoms with Gasteiger partial charge in [0.1, 0.15) is 17.6 Å². The summed E-state index contributed by atoms with van der Waals surface area (Å²) in [6.45, 7) is 0.340. The third kappa shape index (κ3) is 4.32. The van der Waals surface area contributed by atoms with E-state index in [4.69, 9.17) is 5.26 Å². The number of hydrogen-bond acceptors (Lipinski definition) is 3. The first kappa shape index (κ1) is 16.9. The standard InChI is InChI=1S/C19H19FN4O/c20-14-8-10-15(11-9-14)23-19(25)24(18-6-1-2-7-18)13-17-5-3-4-16(12-21)22-17/h3-5,8-11,18H,1-2,6-7,13H2,(H,23,25). The Morgan fingerprint density at radius 1 is 1.24 bits per heavy atom. The van der Waals surface area contributed by atoms with Crippen LogP contribution in [0.15, 0.2) is 42.5 Å². The van der Waals surface area contributed by atoms with E-state index in [2.05, 4.69) is 10.3 Å². The zero-order valence-corrected chi connectivity index (χ0v) is 13.8. The fourth-order valence-electron chi connectivity index (χ4n) is 3.12. The van der Waals surface area contributed by atoms with E-state index in [0.29, 0.717) is 23.6 Å². The third-order valence-electron chi connectivity index (χ3n) is 4.38. The number of carbonyl (C=O) groups excluding carboxylic acids is 1. The molecule has 2 amide bonds. The van der Waals surface area contributed by atoms with E-state index in [1.54, 1.807) is 17.0 Å². The second-order valence-electron chi connectivity index (χ2n) is 6.13. The molecule has 1 saturated carbocycles. The number of halogens is 1. The molecule has 0 unspecified atom stereocenters. The van der Waals surface area contributed by atoms with Crippen LogP contribution < -0.4 is 5.32 Å². The Hall–Kier alpha value is -2.94. The van der Waals surface area contributed by atoms with E-state index in [0.717, 1.165) is 25.7 Å². The minimum Gasteiger partial charge on any atom is -0.316 e. The molecule has 0 saturated heterocycles. The van der Waals surface area contributed by atoms with Crippen LogP contribution in [0.5, 0.6) is 0 Å². The van der Waals surface area contributed by atoms with Crippen molar-refractivity contribution in [2.24, 2.45) is 0 Å². The SMILES string of the molecule is N#Cc1cccc(CN(C(=O)Nc2ccc(F)cc2)C2CCCC2)n1. The number of anilines is 1. The molecule has 128 valence electrons. The smallest absolute Gasteiger partial charge is 0.316 e. The maximum Gasteiger partial charge on any atom is 0.322 e. The molecule has 0 atom stereocenters. The number of benzene rings is 1. The Bertz CT molecular complexity index is 779. The van der Waals surface area contributed by atoms with Crippen LogP contribution in [0.2, 0.25) is 0 Å². The highest BCUT2D eigenvalue weighted by atomic mass is 19.1. The number of nitrogens with one attached hydrogen (secondary N) is 1. The van der Waals surface area contributed by atoms with Crippen molar-refractivity contribution in [2.45, 2.75) is 38.3 Å². The van der Waals surface area contributed by atoms with Gasteiger partial charge in [-0.2, -0.15) is 5.26 Å². The molecular weight excluding hydrogens is 319 g/mol. The van der Waals surface area contributed by atoms with Crippen molar-refractivity contribution in [1.29, 1.82) is 5.26 Å². The first-order chi connectivity index (χ1) is 12.2. The van der Waals surface area contributed by atoms with Gasteiger partial charge in [0.2, 0.25) is 0 Å². The fourth-order valence-corrected chi connectivity index (χ4v) is 3.12. The second-order valence-corrected chi connectivity index (χ2v) is 6.13. The van der Waals surface area contributed by atoms with E-state index in [9.17, 15) is 9.18 Å². The highest BCUT2D eigenvalue weighted by Crippen LogP contribution is 2.25. The van der Waals surface area contributed by atoms with Crippen LogP contribution in [-0.4, -0.2) is 22.0 Å². The summed E-state index contributed by atoms with van der Waals surface area (Å²) in [4.78, 5) is 18.8. The highest BCUT2D eigenvalue weighted by Gasteiger charge is 2.27. The lowest BCUT2D eigenvalue weighted by atomic mass is 10.2. The molecule has 1 aliphatic carbocycles. The Labute approximate surface area is 146 Å². The number of rotatable bonds is 4. The number of pyridine rings is 1. The number of aromatic nitrogens is 1. The van der Waals surface area contributed by atoms with E-state index < -0.39 is 0 Å². The van der Waals surface area contributed by atoms with E-state index in [1.165, 1.54) is 24.3 Å². The van der Waals surface area contributed by atoms with Gasteiger partial charge in [-0.1, -0.05) is 18.9 Å². The molecule has 25 heavy (non-hydrogen) atoms. The number of hydrogen-bond donors (Lipinski definition) is 1. The molecule has 1 fully saturated rings. The summed E-state index contributed by atoms with van der Waals surface area (Å²) >= 11 is 0. The summed E-state index contributed by atoms with van der Waals surface area (Å²) in [6, 6.07) is 12.9. The number of urea groups is 1. The van der Waals surface area contributed by atoms with Gasteiger partial charge in [0.25, 0.3) is 0 Å². The number of amides is 2. The lowest BCUT2D eigenvalue weighted by Crippen LogP contribution is -2.41. The molecule has 0 bridgehead atoms. The fraction of sp³-hybridized carbons (Fsp3) is 0.316.